The van der Waals surface area contributed by atoms with Crippen LogP contribution in [0.5, 0.6) is 5.75 Å². The minimum absolute atomic E-state index is 0.418. The van der Waals surface area contributed by atoms with Gasteiger partial charge in [0.05, 0.1) is 5.69 Å². The first kappa shape index (κ1) is 19.2. The molecule has 26 heavy (non-hydrogen) atoms. The number of hydrogen-bond acceptors (Lipinski definition) is 4. The quantitative estimate of drug-likeness (QED) is 0.425. The molecule has 0 saturated heterocycles. The molecule has 6 heteroatoms. The Morgan fingerprint density at radius 2 is 1.62 bits per heavy atom. The van der Waals surface area contributed by atoms with Gasteiger partial charge in [-0.25, -0.2) is 4.79 Å². The third-order valence-electron chi connectivity index (χ3n) is 3.51. The summed E-state index contributed by atoms with van der Waals surface area (Å²) in [6, 6.07) is 15.1. The number of carbonyl (C=O) groups is 1. The van der Waals surface area contributed by atoms with Gasteiger partial charge in [-0.3, -0.25) is 5.01 Å². The number of aliphatic carboxylic acids is 1. The first-order valence-corrected chi connectivity index (χ1v) is 8.34. The van der Waals surface area contributed by atoms with Crippen molar-refractivity contribution in [2.45, 2.75) is 19.4 Å². The molecule has 1 N–H and O–H groups in total. The third kappa shape index (κ3) is 6.05. The lowest BCUT2D eigenvalue weighted by Crippen LogP contribution is -2.25. The fourth-order valence-corrected chi connectivity index (χ4v) is 2.12. The zero-order valence-corrected chi connectivity index (χ0v) is 15.2. The standard InChI is InChI=1S/C20H23N3O3/c1-4-19(20(24)25)26-18-13-9-16(10-14-18)6-5-15-7-11-17(12-8-15)21-22-23(2)3/h5-14,19H,4H2,1-3H3,(H,24,25)/b6-5+,22-21?. The maximum absolute atomic E-state index is 11.0. The molecule has 136 valence electrons. The highest BCUT2D eigenvalue weighted by Gasteiger charge is 2.16. The van der Waals surface area contributed by atoms with Gasteiger partial charge in [-0.05, 0) is 41.8 Å². The highest BCUT2D eigenvalue weighted by Crippen LogP contribution is 2.18. The maximum atomic E-state index is 11.0. The van der Waals surface area contributed by atoms with Crippen molar-refractivity contribution in [3.63, 3.8) is 0 Å². The molecular weight excluding hydrogens is 330 g/mol. The summed E-state index contributed by atoms with van der Waals surface area (Å²) in [5.41, 5.74) is 2.84. The summed E-state index contributed by atoms with van der Waals surface area (Å²) in [6.45, 7) is 1.78. The highest BCUT2D eigenvalue weighted by molar-refractivity contribution is 5.73. The van der Waals surface area contributed by atoms with Crippen LogP contribution in [-0.2, 0) is 4.79 Å². The van der Waals surface area contributed by atoms with Gasteiger partial charge in [0, 0.05) is 14.1 Å². The van der Waals surface area contributed by atoms with Crippen molar-refractivity contribution in [2.75, 3.05) is 14.1 Å². The second-order valence-corrected chi connectivity index (χ2v) is 5.88. The minimum atomic E-state index is -0.954. The predicted octanol–water partition coefficient (Wildman–Crippen LogP) is 4.66. The molecule has 0 fully saturated rings. The molecule has 0 aliphatic rings. The Hall–Kier alpha value is -3.15. The van der Waals surface area contributed by atoms with Gasteiger partial charge in [-0.15, -0.1) is 5.11 Å². The van der Waals surface area contributed by atoms with E-state index in [1.54, 1.807) is 24.1 Å². The minimum Gasteiger partial charge on any atom is -0.479 e. The van der Waals surface area contributed by atoms with E-state index in [1.807, 2.05) is 62.6 Å². The molecule has 0 aromatic heterocycles. The first-order valence-electron chi connectivity index (χ1n) is 8.34. The molecule has 1 atom stereocenters. The zero-order valence-electron chi connectivity index (χ0n) is 15.2. The normalized spacial score (nSPS) is 12.4. The zero-order chi connectivity index (χ0) is 18.9. The summed E-state index contributed by atoms with van der Waals surface area (Å²) in [6.07, 6.45) is 3.57. The Labute approximate surface area is 153 Å². The van der Waals surface area contributed by atoms with Crippen LogP contribution in [0.25, 0.3) is 12.2 Å². The molecule has 0 bridgehead atoms. The number of hydrogen-bond donors (Lipinski definition) is 1. The molecule has 0 radical (unpaired) electrons. The van der Waals surface area contributed by atoms with E-state index >= 15 is 0 Å². The number of ether oxygens (including phenoxy) is 1. The predicted molar refractivity (Wildman–Crippen MR) is 102 cm³/mol. The van der Waals surface area contributed by atoms with Crippen molar-refractivity contribution in [1.82, 2.24) is 5.01 Å². The number of carboxylic acids is 1. The first-order chi connectivity index (χ1) is 12.5. The van der Waals surface area contributed by atoms with Crippen LogP contribution in [0.2, 0.25) is 0 Å². The van der Waals surface area contributed by atoms with Gasteiger partial charge in [0.15, 0.2) is 6.10 Å². The van der Waals surface area contributed by atoms with Crippen LogP contribution in [0.4, 0.5) is 5.69 Å². The largest absolute Gasteiger partial charge is 0.479 e. The summed E-state index contributed by atoms with van der Waals surface area (Å²) in [5.74, 6) is -0.406. The van der Waals surface area contributed by atoms with E-state index in [1.165, 1.54) is 0 Å². The van der Waals surface area contributed by atoms with E-state index in [-0.39, 0.29) is 0 Å². The van der Waals surface area contributed by atoms with Crippen LogP contribution in [0, 0.1) is 0 Å². The molecule has 0 aliphatic heterocycles. The second kappa shape index (κ2) is 9.36. The third-order valence-corrected chi connectivity index (χ3v) is 3.51. The van der Waals surface area contributed by atoms with Crippen molar-refractivity contribution in [2.24, 2.45) is 10.3 Å². The monoisotopic (exact) mass is 353 g/mol. The van der Waals surface area contributed by atoms with E-state index in [0.717, 1.165) is 16.8 Å². The molecule has 2 rings (SSSR count). The number of rotatable bonds is 8. The Bertz CT molecular complexity index is 766. The fraction of sp³-hybridized carbons (Fsp3) is 0.250. The van der Waals surface area contributed by atoms with E-state index in [2.05, 4.69) is 10.3 Å². The topological polar surface area (TPSA) is 74.5 Å². The van der Waals surface area contributed by atoms with Gasteiger partial charge in [0.1, 0.15) is 5.75 Å². The fourth-order valence-electron chi connectivity index (χ4n) is 2.12. The number of carboxylic acid groups (broad SMARTS) is 1. The van der Waals surface area contributed by atoms with Gasteiger partial charge in [-0.2, -0.15) is 0 Å². The lowest BCUT2D eigenvalue weighted by molar-refractivity contribution is -0.145. The molecule has 0 saturated carbocycles. The maximum Gasteiger partial charge on any atom is 0.344 e. The van der Waals surface area contributed by atoms with Crippen molar-refractivity contribution in [1.29, 1.82) is 0 Å². The van der Waals surface area contributed by atoms with Gasteiger partial charge in [0.25, 0.3) is 0 Å². The molecule has 2 aromatic rings. The number of benzene rings is 2. The van der Waals surface area contributed by atoms with Crippen molar-refractivity contribution in [3.05, 3.63) is 59.7 Å². The van der Waals surface area contributed by atoms with Gasteiger partial charge in [-0.1, -0.05) is 48.6 Å². The molecule has 0 spiro atoms. The van der Waals surface area contributed by atoms with Crippen LogP contribution in [-0.4, -0.2) is 36.3 Å². The van der Waals surface area contributed by atoms with Crippen LogP contribution in [0.1, 0.15) is 24.5 Å². The van der Waals surface area contributed by atoms with Gasteiger partial charge in [0.2, 0.25) is 0 Å². The summed E-state index contributed by atoms with van der Waals surface area (Å²) in [7, 11) is 3.64. The Kier molecular flexibility index (Phi) is 6.91. The average Bonchev–Trinajstić information content (AvgIpc) is 2.64. The lowest BCUT2D eigenvalue weighted by Gasteiger charge is -2.12. The summed E-state index contributed by atoms with van der Waals surface area (Å²) in [5, 5.41) is 18.7. The van der Waals surface area contributed by atoms with Crippen molar-refractivity contribution < 1.29 is 14.6 Å². The van der Waals surface area contributed by atoms with E-state index in [9.17, 15) is 4.79 Å². The molecule has 6 nitrogen and oxygen atoms in total. The van der Waals surface area contributed by atoms with Crippen LogP contribution in [0.3, 0.4) is 0 Å². The number of nitrogens with zero attached hydrogens (tertiary/aromatic N) is 3. The van der Waals surface area contributed by atoms with E-state index < -0.39 is 12.1 Å². The summed E-state index contributed by atoms with van der Waals surface area (Å²) >= 11 is 0. The molecule has 0 aliphatic carbocycles. The molecule has 1 unspecified atom stereocenters. The highest BCUT2D eigenvalue weighted by atomic mass is 16.5. The van der Waals surface area contributed by atoms with Gasteiger partial charge >= 0.3 is 5.97 Å². The van der Waals surface area contributed by atoms with Gasteiger partial charge < -0.3 is 9.84 Å². The molecular formula is C20H23N3O3. The second-order valence-electron chi connectivity index (χ2n) is 5.88. The van der Waals surface area contributed by atoms with Crippen LogP contribution >= 0.6 is 0 Å². The van der Waals surface area contributed by atoms with E-state index in [0.29, 0.717) is 12.2 Å². The molecule has 2 aromatic carbocycles. The SMILES string of the molecule is CCC(Oc1ccc(/C=C/c2ccc(N=NN(C)C)cc2)cc1)C(=O)O. The lowest BCUT2D eigenvalue weighted by atomic mass is 10.1. The molecule has 0 amide bonds. The smallest absolute Gasteiger partial charge is 0.344 e. The Balaban J connectivity index is 1.98. The average molecular weight is 353 g/mol. The van der Waals surface area contributed by atoms with Crippen LogP contribution < -0.4 is 4.74 Å². The van der Waals surface area contributed by atoms with Crippen molar-refractivity contribution >= 4 is 23.8 Å². The Morgan fingerprint density at radius 3 is 2.08 bits per heavy atom. The summed E-state index contributed by atoms with van der Waals surface area (Å²) < 4.78 is 5.45. The molecule has 0 heterocycles. The summed E-state index contributed by atoms with van der Waals surface area (Å²) in [4.78, 5) is 11.0. The van der Waals surface area contributed by atoms with E-state index in [4.69, 9.17) is 9.84 Å². The Morgan fingerprint density at radius 1 is 1.08 bits per heavy atom. The van der Waals surface area contributed by atoms with Crippen molar-refractivity contribution in [3.8, 4) is 5.75 Å². The van der Waals surface area contributed by atoms with Crippen LogP contribution in [0.15, 0.2) is 58.9 Å².